The van der Waals surface area contributed by atoms with Crippen molar-refractivity contribution in [2.24, 2.45) is 17.3 Å². The number of fused-ring (bicyclic) bond motifs is 1. The van der Waals surface area contributed by atoms with Gasteiger partial charge < -0.3 is 14.2 Å². The number of ether oxygens (including phenoxy) is 3. The predicted molar refractivity (Wildman–Crippen MR) is 105 cm³/mol. The Labute approximate surface area is 186 Å². The van der Waals surface area contributed by atoms with Crippen LogP contribution < -0.4 is 4.74 Å². The summed E-state index contributed by atoms with van der Waals surface area (Å²) in [6.07, 6.45) is 3.38. The topological polar surface area (TPSA) is 61.8 Å². The average molecular weight is 472 g/mol. The fourth-order valence-corrected chi connectivity index (χ4v) is 4.46. The van der Waals surface area contributed by atoms with Gasteiger partial charge in [-0.3, -0.25) is 9.59 Å². The number of carbonyl (C=O) groups is 2. The maximum absolute atomic E-state index is 14.1. The third-order valence-corrected chi connectivity index (χ3v) is 6.03. The summed E-state index contributed by atoms with van der Waals surface area (Å²) >= 11 is 0. The highest BCUT2D eigenvalue weighted by Gasteiger charge is 2.59. The SMILES string of the molecule is C=C(C)C1=CC(C(=O)OC)(C(=O)OC)[C@@H]2CC[C@H](Oc3c(F)c(F)c(F)c(F)c3F)C=C[C@@H]12. The summed E-state index contributed by atoms with van der Waals surface area (Å²) in [7, 11) is 2.24. The summed E-state index contributed by atoms with van der Waals surface area (Å²) in [5.74, 6) is -15.1. The molecule has 0 aliphatic heterocycles. The van der Waals surface area contributed by atoms with Crippen molar-refractivity contribution in [3.05, 3.63) is 65.0 Å². The van der Waals surface area contributed by atoms with Crippen LogP contribution in [0.15, 0.2) is 36.0 Å². The Morgan fingerprint density at radius 2 is 1.42 bits per heavy atom. The molecule has 3 rings (SSSR count). The largest absolute Gasteiger partial charge is 0.480 e. The number of halogens is 5. The lowest BCUT2D eigenvalue weighted by Gasteiger charge is -2.31. The van der Waals surface area contributed by atoms with Crippen molar-refractivity contribution in [3.63, 3.8) is 0 Å². The van der Waals surface area contributed by atoms with Crippen LogP contribution in [-0.4, -0.2) is 32.3 Å². The van der Waals surface area contributed by atoms with Crippen molar-refractivity contribution in [1.82, 2.24) is 0 Å². The Morgan fingerprint density at radius 1 is 0.909 bits per heavy atom. The minimum absolute atomic E-state index is 0.00971. The van der Waals surface area contributed by atoms with Crippen LogP contribution in [0, 0.1) is 46.3 Å². The van der Waals surface area contributed by atoms with E-state index >= 15 is 0 Å². The van der Waals surface area contributed by atoms with Crippen molar-refractivity contribution in [2.75, 3.05) is 14.2 Å². The van der Waals surface area contributed by atoms with E-state index < -0.39 is 70.1 Å². The van der Waals surface area contributed by atoms with Crippen LogP contribution in [0.25, 0.3) is 0 Å². The molecule has 10 heteroatoms. The van der Waals surface area contributed by atoms with Crippen molar-refractivity contribution >= 4 is 11.9 Å². The lowest BCUT2D eigenvalue weighted by molar-refractivity contribution is -0.169. The molecule has 0 radical (unpaired) electrons. The standard InChI is InChI=1S/C23H21F5O5/c1-10(2)13-9-23(21(29)31-3,22(30)32-4)14-8-6-11(5-7-12(13)14)33-20-18(27)16(25)15(24)17(26)19(20)28/h5,7,9,11-12,14H,1,6,8H2,2-4H3/t11-,12+,14-/m1/s1. The summed E-state index contributed by atoms with van der Waals surface area (Å²) in [6, 6.07) is 0. The maximum atomic E-state index is 14.1. The van der Waals surface area contributed by atoms with Crippen molar-refractivity contribution in [3.8, 4) is 5.75 Å². The Kier molecular flexibility index (Phi) is 6.67. The van der Waals surface area contributed by atoms with Gasteiger partial charge in [0.2, 0.25) is 29.1 Å². The molecule has 0 saturated carbocycles. The third kappa shape index (κ3) is 3.81. The zero-order valence-corrected chi connectivity index (χ0v) is 18.0. The molecule has 0 saturated heterocycles. The summed E-state index contributed by atoms with van der Waals surface area (Å²) < 4.78 is 83.5. The Bertz CT molecular complexity index is 1030. The first-order chi connectivity index (χ1) is 15.5. The molecular weight excluding hydrogens is 451 g/mol. The van der Waals surface area contributed by atoms with Crippen LogP contribution >= 0.6 is 0 Å². The summed E-state index contributed by atoms with van der Waals surface area (Å²) in [6.45, 7) is 5.55. The summed E-state index contributed by atoms with van der Waals surface area (Å²) in [5.41, 5.74) is -0.681. The molecule has 5 nitrogen and oxygen atoms in total. The summed E-state index contributed by atoms with van der Waals surface area (Å²) in [4.78, 5) is 25.5. The van der Waals surface area contributed by atoms with E-state index in [1.165, 1.54) is 12.2 Å². The average Bonchev–Trinajstić information content (AvgIpc) is 3.00. The fourth-order valence-electron chi connectivity index (χ4n) is 4.46. The molecule has 0 amide bonds. The molecule has 0 spiro atoms. The first kappa shape index (κ1) is 24.5. The van der Waals surface area contributed by atoms with Crippen molar-refractivity contribution in [2.45, 2.75) is 25.9 Å². The predicted octanol–water partition coefficient (Wildman–Crippen LogP) is 4.56. The van der Waals surface area contributed by atoms with Crippen LogP contribution in [0.2, 0.25) is 0 Å². The Hall–Kier alpha value is -3.17. The molecule has 0 bridgehead atoms. The van der Waals surface area contributed by atoms with Crippen LogP contribution in [0.1, 0.15) is 19.8 Å². The molecule has 33 heavy (non-hydrogen) atoms. The molecule has 0 heterocycles. The number of benzene rings is 1. The number of carbonyl (C=O) groups excluding carboxylic acids is 2. The van der Waals surface area contributed by atoms with Gasteiger partial charge in [0.1, 0.15) is 6.10 Å². The highest BCUT2D eigenvalue weighted by atomic mass is 19.2. The molecule has 1 aromatic rings. The monoisotopic (exact) mass is 472 g/mol. The van der Waals surface area contributed by atoms with E-state index in [9.17, 15) is 31.5 Å². The van der Waals surface area contributed by atoms with Gasteiger partial charge in [0.25, 0.3) is 0 Å². The molecule has 3 atom stereocenters. The van der Waals surface area contributed by atoms with Gasteiger partial charge in [0.05, 0.1) is 14.2 Å². The molecule has 0 fully saturated rings. The molecule has 0 unspecified atom stereocenters. The van der Waals surface area contributed by atoms with Crippen LogP contribution in [-0.2, 0) is 19.1 Å². The Morgan fingerprint density at radius 3 is 1.91 bits per heavy atom. The Balaban J connectivity index is 2.01. The molecule has 0 N–H and O–H groups in total. The number of methoxy groups -OCH3 is 2. The van der Waals surface area contributed by atoms with E-state index in [-0.39, 0.29) is 12.8 Å². The molecule has 178 valence electrons. The zero-order valence-electron chi connectivity index (χ0n) is 18.0. The van der Waals surface area contributed by atoms with E-state index in [1.807, 2.05) is 0 Å². The van der Waals surface area contributed by atoms with Crippen LogP contribution in [0.5, 0.6) is 5.75 Å². The normalized spacial score (nSPS) is 23.3. The second-order valence-corrected chi connectivity index (χ2v) is 7.88. The molecular formula is C23H21F5O5. The fraction of sp³-hybridized carbons (Fsp3) is 0.391. The van der Waals surface area contributed by atoms with Gasteiger partial charge in [0, 0.05) is 5.92 Å². The molecule has 2 aliphatic rings. The van der Waals surface area contributed by atoms with Gasteiger partial charge in [-0.1, -0.05) is 24.3 Å². The first-order valence-corrected chi connectivity index (χ1v) is 9.93. The van der Waals surface area contributed by atoms with E-state index in [2.05, 4.69) is 6.58 Å². The van der Waals surface area contributed by atoms with Gasteiger partial charge >= 0.3 is 11.9 Å². The lowest BCUT2D eigenvalue weighted by Crippen LogP contribution is -2.45. The quantitative estimate of drug-likeness (QED) is 0.157. The smallest absolute Gasteiger partial charge is 0.327 e. The first-order valence-electron chi connectivity index (χ1n) is 9.93. The second-order valence-electron chi connectivity index (χ2n) is 7.88. The van der Waals surface area contributed by atoms with Crippen LogP contribution in [0.3, 0.4) is 0 Å². The number of hydrogen-bond donors (Lipinski definition) is 0. The minimum Gasteiger partial charge on any atom is -0.480 e. The number of allylic oxidation sites excluding steroid dienone is 3. The maximum Gasteiger partial charge on any atom is 0.327 e. The zero-order chi connectivity index (χ0) is 24.7. The number of esters is 2. The van der Waals surface area contributed by atoms with Crippen molar-refractivity contribution in [1.29, 1.82) is 0 Å². The molecule has 0 aromatic heterocycles. The highest BCUT2D eigenvalue weighted by Crippen LogP contribution is 2.53. The van der Waals surface area contributed by atoms with E-state index in [1.54, 1.807) is 13.0 Å². The number of rotatable bonds is 5. The van der Waals surface area contributed by atoms with E-state index in [0.717, 1.165) is 14.2 Å². The van der Waals surface area contributed by atoms with Crippen LogP contribution in [0.4, 0.5) is 22.0 Å². The van der Waals surface area contributed by atoms with Gasteiger partial charge in [-0.2, -0.15) is 8.78 Å². The van der Waals surface area contributed by atoms with Gasteiger partial charge in [0.15, 0.2) is 11.2 Å². The number of hydrogen-bond acceptors (Lipinski definition) is 5. The molecule has 1 aromatic carbocycles. The van der Waals surface area contributed by atoms with Gasteiger partial charge in [-0.05, 0) is 37.3 Å². The van der Waals surface area contributed by atoms with E-state index in [4.69, 9.17) is 14.2 Å². The minimum atomic E-state index is -2.29. The lowest BCUT2D eigenvalue weighted by atomic mass is 9.72. The second kappa shape index (κ2) is 8.99. The third-order valence-electron chi connectivity index (χ3n) is 6.03. The summed E-state index contributed by atoms with van der Waals surface area (Å²) in [5, 5.41) is 0. The highest BCUT2D eigenvalue weighted by molar-refractivity contribution is 6.04. The van der Waals surface area contributed by atoms with Gasteiger partial charge in [-0.15, -0.1) is 0 Å². The molecule has 2 aliphatic carbocycles. The van der Waals surface area contributed by atoms with E-state index in [0.29, 0.717) is 11.1 Å². The van der Waals surface area contributed by atoms with Crippen molar-refractivity contribution < 1.29 is 45.8 Å². The van der Waals surface area contributed by atoms with Gasteiger partial charge in [-0.25, -0.2) is 13.2 Å².